The van der Waals surface area contributed by atoms with Crippen molar-refractivity contribution < 1.29 is 34.8 Å². The lowest BCUT2D eigenvalue weighted by Gasteiger charge is -2.50. The van der Waals surface area contributed by atoms with Crippen molar-refractivity contribution in [2.45, 2.75) is 69.7 Å². The van der Waals surface area contributed by atoms with Crippen LogP contribution in [0.2, 0.25) is 0 Å². The van der Waals surface area contributed by atoms with Crippen molar-refractivity contribution in [3.8, 4) is 5.75 Å². The number of Topliss-reactive ketones (excluding diaryl/α,β-unsaturated/α-hetero) is 2. The molecule has 2 fully saturated rings. The number of hydrogen-bond donors (Lipinski definition) is 6. The zero-order chi connectivity index (χ0) is 28.4. The van der Waals surface area contributed by atoms with Gasteiger partial charge in [0.1, 0.15) is 22.8 Å². The minimum absolute atomic E-state index is 0.0782. The molecule has 1 aromatic rings. The number of carbonyl (C=O) groups excluding carboxylic acids is 3. The van der Waals surface area contributed by atoms with E-state index in [1.165, 1.54) is 11.0 Å². The summed E-state index contributed by atoms with van der Waals surface area (Å²) in [6.07, 6.45) is 4.86. The summed E-state index contributed by atoms with van der Waals surface area (Å²) < 4.78 is 0. The third-order valence-electron chi connectivity index (χ3n) is 9.30. The number of amides is 1. The number of phenols is 1. The number of rotatable bonds is 5. The highest BCUT2D eigenvalue weighted by molar-refractivity contribution is 6.24. The van der Waals surface area contributed by atoms with Gasteiger partial charge in [-0.3, -0.25) is 19.3 Å². The zero-order valence-electron chi connectivity index (χ0n) is 22.5. The summed E-state index contributed by atoms with van der Waals surface area (Å²) >= 11 is 0. The number of carbonyl (C=O) groups is 3. The molecule has 0 aromatic heterocycles. The fourth-order valence-electron chi connectivity index (χ4n) is 7.19. The number of aliphatic hydroxyl groups is 3. The van der Waals surface area contributed by atoms with Gasteiger partial charge >= 0.3 is 0 Å². The van der Waals surface area contributed by atoms with E-state index in [1.807, 2.05) is 6.07 Å². The van der Waals surface area contributed by atoms with Gasteiger partial charge in [-0.1, -0.05) is 13.0 Å². The topological polar surface area (TPSA) is 173 Å². The van der Waals surface area contributed by atoms with Crippen LogP contribution in [0.3, 0.4) is 0 Å². The molecule has 1 aromatic carbocycles. The molecule has 10 nitrogen and oxygen atoms in total. The number of aliphatic hydroxyl groups excluding tert-OH is 2. The molecule has 2 saturated carbocycles. The molecule has 4 aliphatic rings. The van der Waals surface area contributed by atoms with Gasteiger partial charge in [0, 0.05) is 24.1 Å². The lowest BCUT2D eigenvalue weighted by molar-refractivity contribution is -0.153. The first kappa shape index (κ1) is 27.4. The molecule has 1 amide bonds. The molecule has 210 valence electrons. The van der Waals surface area contributed by atoms with Crippen LogP contribution in [0.1, 0.15) is 55.7 Å². The summed E-state index contributed by atoms with van der Waals surface area (Å²) in [5, 5.41) is 48.3. The second kappa shape index (κ2) is 9.76. The number of primary amides is 1. The summed E-state index contributed by atoms with van der Waals surface area (Å²) in [6, 6.07) is 2.57. The Labute approximate surface area is 227 Å². The minimum atomic E-state index is -2.63. The van der Waals surface area contributed by atoms with Crippen molar-refractivity contribution in [2.24, 2.45) is 23.5 Å². The number of benzene rings is 1. The molecule has 4 atom stereocenters. The summed E-state index contributed by atoms with van der Waals surface area (Å²) in [6.45, 7) is 2.79. The first-order valence-electron chi connectivity index (χ1n) is 13.6. The quantitative estimate of drug-likeness (QED) is 0.304. The van der Waals surface area contributed by atoms with Crippen LogP contribution >= 0.6 is 0 Å². The minimum Gasteiger partial charge on any atom is -0.508 e. The Bertz CT molecular complexity index is 1310. The Kier molecular flexibility index (Phi) is 6.85. The van der Waals surface area contributed by atoms with Crippen LogP contribution in [-0.4, -0.2) is 74.6 Å². The van der Waals surface area contributed by atoms with E-state index < -0.39 is 58.0 Å². The van der Waals surface area contributed by atoms with Crippen LogP contribution in [0.25, 0.3) is 5.76 Å². The van der Waals surface area contributed by atoms with E-state index in [0.717, 1.165) is 37.2 Å². The summed E-state index contributed by atoms with van der Waals surface area (Å²) in [7, 11) is 3.17. The maximum absolute atomic E-state index is 13.9. The Morgan fingerprint density at radius 3 is 2.41 bits per heavy atom. The van der Waals surface area contributed by atoms with Gasteiger partial charge in [0.15, 0.2) is 11.4 Å². The van der Waals surface area contributed by atoms with Crippen molar-refractivity contribution >= 4 is 23.2 Å². The van der Waals surface area contributed by atoms with Gasteiger partial charge in [0.05, 0.1) is 11.6 Å². The molecule has 7 N–H and O–H groups in total. The Morgan fingerprint density at radius 2 is 1.79 bits per heavy atom. The van der Waals surface area contributed by atoms with E-state index in [9.17, 15) is 34.8 Å². The van der Waals surface area contributed by atoms with Crippen molar-refractivity contribution in [2.75, 3.05) is 14.1 Å². The van der Waals surface area contributed by atoms with Crippen molar-refractivity contribution in [1.29, 1.82) is 0 Å². The van der Waals surface area contributed by atoms with Crippen LogP contribution < -0.4 is 11.1 Å². The smallest absolute Gasteiger partial charge is 0.255 e. The number of nitrogens with zero attached hydrogens (tertiary/aromatic N) is 1. The van der Waals surface area contributed by atoms with Gasteiger partial charge in [-0.05, 0) is 81.6 Å². The standard InChI is InChI=1S/C29H37N3O7/c1-13-4-7-16(8-5-13)31-12-14-6-9-19(33)21-17(14)10-15-11-18-23(32(2)3)25(35)22(28(30)38)27(37)29(18,39)26(36)20(15)24(21)34/h6,9,13,15-16,18,23,31,33-34,37,39H,4-5,7-8,10-12H2,1-3H3,(H2,30,38)/t13?,15-,16?,18-,23-,29-/m0/s1. The number of phenolic OH excluding ortho intramolecular Hbond substituents is 1. The molecule has 0 radical (unpaired) electrons. The summed E-state index contributed by atoms with van der Waals surface area (Å²) in [5.74, 6) is -5.69. The average molecular weight is 540 g/mol. The maximum atomic E-state index is 13.9. The SMILES string of the molecule is CC1CCC(NCc2ccc(O)c3c2C[C@H]2C[C@H]4[C@H](N(C)C)C(=O)C(C(N)=O)=C(O)[C@@]4(O)C(=O)C2=C3O)CC1. The van der Waals surface area contributed by atoms with Gasteiger partial charge in [-0.25, -0.2) is 0 Å². The first-order valence-corrected chi connectivity index (χ1v) is 13.6. The van der Waals surface area contributed by atoms with E-state index in [0.29, 0.717) is 24.6 Å². The molecule has 0 unspecified atom stereocenters. The molecule has 5 rings (SSSR count). The Balaban J connectivity index is 1.57. The second-order valence-electron chi connectivity index (χ2n) is 11.9. The molecular weight excluding hydrogens is 502 g/mol. The highest BCUT2D eigenvalue weighted by atomic mass is 16.3. The molecular formula is C29H37N3O7. The highest BCUT2D eigenvalue weighted by Crippen LogP contribution is 2.53. The lowest BCUT2D eigenvalue weighted by Crippen LogP contribution is -2.65. The van der Waals surface area contributed by atoms with Crippen LogP contribution in [0.4, 0.5) is 0 Å². The molecule has 0 saturated heterocycles. The number of nitrogens with two attached hydrogens (primary N) is 1. The monoisotopic (exact) mass is 539 g/mol. The fourth-order valence-corrected chi connectivity index (χ4v) is 7.19. The molecule has 10 heteroatoms. The highest BCUT2D eigenvalue weighted by Gasteiger charge is 2.64. The van der Waals surface area contributed by atoms with Crippen LogP contribution in [0.15, 0.2) is 29.0 Å². The Hall–Kier alpha value is -3.21. The predicted octanol–water partition coefficient (Wildman–Crippen LogP) is 1.63. The van der Waals surface area contributed by atoms with Crippen LogP contribution in [-0.2, 0) is 27.3 Å². The second-order valence-corrected chi connectivity index (χ2v) is 11.9. The lowest BCUT2D eigenvalue weighted by atomic mass is 9.57. The van der Waals surface area contributed by atoms with E-state index >= 15 is 0 Å². The number of nitrogens with one attached hydrogen (secondary N) is 1. The number of aromatic hydroxyl groups is 1. The van der Waals surface area contributed by atoms with Gasteiger partial charge in [0.2, 0.25) is 5.78 Å². The summed E-state index contributed by atoms with van der Waals surface area (Å²) in [4.78, 5) is 40.7. The van der Waals surface area contributed by atoms with Gasteiger partial charge in [-0.15, -0.1) is 0 Å². The van der Waals surface area contributed by atoms with Crippen molar-refractivity contribution in [1.82, 2.24) is 10.2 Å². The van der Waals surface area contributed by atoms with E-state index in [1.54, 1.807) is 14.1 Å². The molecule has 4 aliphatic carbocycles. The maximum Gasteiger partial charge on any atom is 0.255 e. The third kappa shape index (κ3) is 4.16. The number of ketones is 2. The molecule has 0 aliphatic heterocycles. The number of hydrogen-bond acceptors (Lipinski definition) is 9. The van der Waals surface area contributed by atoms with Crippen molar-refractivity contribution in [3.63, 3.8) is 0 Å². The number of fused-ring (bicyclic) bond motifs is 3. The Morgan fingerprint density at radius 1 is 1.13 bits per heavy atom. The average Bonchev–Trinajstić information content (AvgIpc) is 2.86. The summed E-state index contributed by atoms with van der Waals surface area (Å²) in [5.41, 5.74) is 3.51. The fraction of sp³-hybridized carbons (Fsp3) is 0.552. The van der Waals surface area contributed by atoms with E-state index in [2.05, 4.69) is 12.2 Å². The molecule has 0 spiro atoms. The predicted molar refractivity (Wildman–Crippen MR) is 143 cm³/mol. The van der Waals surface area contributed by atoms with Crippen LogP contribution in [0.5, 0.6) is 5.75 Å². The molecule has 39 heavy (non-hydrogen) atoms. The van der Waals surface area contributed by atoms with Crippen LogP contribution in [0, 0.1) is 17.8 Å². The van der Waals surface area contributed by atoms with E-state index in [4.69, 9.17) is 5.73 Å². The molecule has 0 heterocycles. The zero-order valence-corrected chi connectivity index (χ0v) is 22.5. The number of likely N-dealkylation sites (N-methyl/N-ethyl adjacent to an activating group) is 1. The first-order chi connectivity index (χ1) is 18.4. The van der Waals surface area contributed by atoms with E-state index in [-0.39, 0.29) is 23.3 Å². The van der Waals surface area contributed by atoms with Crippen molar-refractivity contribution in [3.05, 3.63) is 45.7 Å². The largest absolute Gasteiger partial charge is 0.508 e. The normalized spacial score (nSPS) is 32.7. The van der Waals surface area contributed by atoms with Gasteiger partial charge in [0.25, 0.3) is 5.91 Å². The molecule has 0 bridgehead atoms. The van der Waals surface area contributed by atoms with Gasteiger partial charge in [-0.2, -0.15) is 0 Å². The van der Waals surface area contributed by atoms with Gasteiger partial charge < -0.3 is 31.5 Å². The third-order valence-corrected chi connectivity index (χ3v) is 9.30.